The minimum absolute atomic E-state index is 0.0223. The van der Waals surface area contributed by atoms with Gasteiger partial charge in [0, 0.05) is 0 Å². The molecule has 0 aliphatic carbocycles. The molecule has 0 radical (unpaired) electrons. The highest BCUT2D eigenvalue weighted by Gasteiger charge is 2.26. The monoisotopic (exact) mass is 366 g/mol. The summed E-state index contributed by atoms with van der Waals surface area (Å²) in [6.45, 7) is 1.73. The minimum Gasteiger partial charge on any atom is -0.421 e. The van der Waals surface area contributed by atoms with Crippen molar-refractivity contribution in [3.8, 4) is 0 Å². The third-order valence-corrected chi connectivity index (χ3v) is 5.79. The van der Waals surface area contributed by atoms with E-state index in [-0.39, 0.29) is 30.4 Å². The van der Waals surface area contributed by atoms with E-state index in [0.29, 0.717) is 0 Å². The van der Waals surface area contributed by atoms with Crippen LogP contribution in [0.5, 0.6) is 0 Å². The van der Waals surface area contributed by atoms with Gasteiger partial charge >= 0.3 is 5.69 Å². The molecule has 2 N–H and O–H groups in total. The molecule has 2 aromatic carbocycles. The van der Waals surface area contributed by atoms with Crippen molar-refractivity contribution in [2.75, 3.05) is 0 Å². The van der Waals surface area contributed by atoms with E-state index in [1.807, 2.05) is 0 Å². The smallest absolute Gasteiger partial charge is 0.362 e. The van der Waals surface area contributed by atoms with Crippen molar-refractivity contribution in [2.24, 2.45) is 0 Å². The normalized spacial score (nSPS) is 11.8. The number of aromatic nitrogens is 2. The highest BCUT2D eigenvalue weighted by atomic mass is 35.5. The average Bonchev–Trinajstić information content (AvgIpc) is 2.52. The molecule has 9 heteroatoms. The van der Waals surface area contributed by atoms with E-state index in [0.717, 1.165) is 5.56 Å². The van der Waals surface area contributed by atoms with Crippen LogP contribution in [0.15, 0.2) is 55.8 Å². The number of aromatic amines is 1. The Balaban J connectivity index is 2.48. The Morgan fingerprint density at radius 1 is 1.17 bits per heavy atom. The van der Waals surface area contributed by atoms with Crippen molar-refractivity contribution in [2.45, 2.75) is 16.7 Å². The van der Waals surface area contributed by atoms with E-state index in [4.69, 9.17) is 11.6 Å². The Morgan fingerprint density at radius 2 is 1.88 bits per heavy atom. The van der Waals surface area contributed by atoms with Crippen molar-refractivity contribution < 1.29 is 13.6 Å². The van der Waals surface area contributed by atoms with Crippen LogP contribution in [0.1, 0.15) is 5.56 Å². The SMILES string of the molecule is Cc1cccc(S(=O)(=O)c2c(Cl)ccc3c(=O)n(O)c(=O)[nH]c23)c1. The van der Waals surface area contributed by atoms with Crippen LogP contribution in [0, 0.1) is 6.92 Å². The standard InChI is InChI=1S/C15H11ClN2O5S/c1-8-3-2-4-9(7-8)24(22,23)13-11(16)6-5-10-12(13)17-15(20)18(21)14(10)19/h2-7,21H,1H3,(H,17,20). The van der Waals surface area contributed by atoms with Crippen molar-refractivity contribution in [1.82, 2.24) is 9.71 Å². The van der Waals surface area contributed by atoms with Gasteiger partial charge in [0.2, 0.25) is 9.84 Å². The second-order valence-corrected chi connectivity index (χ2v) is 7.46. The summed E-state index contributed by atoms with van der Waals surface area (Å²) in [6.07, 6.45) is 0. The van der Waals surface area contributed by atoms with Gasteiger partial charge in [-0.1, -0.05) is 28.5 Å². The fraction of sp³-hybridized carbons (Fsp3) is 0.0667. The van der Waals surface area contributed by atoms with Gasteiger partial charge in [-0.25, -0.2) is 13.2 Å². The van der Waals surface area contributed by atoms with Crippen LogP contribution < -0.4 is 11.2 Å². The first-order valence-corrected chi connectivity index (χ1v) is 8.58. The predicted octanol–water partition coefficient (Wildman–Crippen LogP) is 1.72. The van der Waals surface area contributed by atoms with E-state index in [2.05, 4.69) is 4.98 Å². The first-order chi connectivity index (χ1) is 11.2. The maximum atomic E-state index is 13.0. The van der Waals surface area contributed by atoms with Crippen molar-refractivity contribution in [3.63, 3.8) is 0 Å². The molecule has 0 atom stereocenters. The van der Waals surface area contributed by atoms with Crippen LogP contribution in [0.4, 0.5) is 0 Å². The summed E-state index contributed by atoms with van der Waals surface area (Å²) < 4.78 is 25.8. The molecule has 24 heavy (non-hydrogen) atoms. The van der Waals surface area contributed by atoms with Crippen LogP contribution in [0.3, 0.4) is 0 Å². The molecule has 0 spiro atoms. The quantitative estimate of drug-likeness (QED) is 0.671. The number of nitrogens with zero attached hydrogens (tertiary/aromatic N) is 1. The Kier molecular flexibility index (Phi) is 3.73. The highest BCUT2D eigenvalue weighted by molar-refractivity contribution is 7.91. The van der Waals surface area contributed by atoms with Crippen LogP contribution in [-0.4, -0.2) is 23.3 Å². The zero-order valence-corrected chi connectivity index (χ0v) is 13.9. The van der Waals surface area contributed by atoms with Crippen molar-refractivity contribution in [1.29, 1.82) is 0 Å². The molecule has 1 heterocycles. The summed E-state index contributed by atoms with van der Waals surface area (Å²) in [5.41, 5.74) is -1.72. The summed E-state index contributed by atoms with van der Waals surface area (Å²) in [5.74, 6) is 0. The number of benzene rings is 2. The fourth-order valence-corrected chi connectivity index (χ4v) is 4.44. The zero-order valence-electron chi connectivity index (χ0n) is 12.3. The van der Waals surface area contributed by atoms with E-state index in [1.165, 1.54) is 24.3 Å². The van der Waals surface area contributed by atoms with Gasteiger partial charge in [-0.2, -0.15) is 0 Å². The molecule has 1 aromatic heterocycles. The molecule has 0 aliphatic heterocycles. The summed E-state index contributed by atoms with van der Waals surface area (Å²) in [6, 6.07) is 8.61. The van der Waals surface area contributed by atoms with Gasteiger partial charge in [-0.3, -0.25) is 4.79 Å². The largest absolute Gasteiger partial charge is 0.421 e. The zero-order chi connectivity index (χ0) is 17.6. The maximum absolute atomic E-state index is 13.0. The molecule has 0 saturated heterocycles. The first-order valence-electron chi connectivity index (χ1n) is 6.72. The third-order valence-electron chi connectivity index (χ3n) is 3.53. The molecule has 3 aromatic rings. The molecule has 3 rings (SSSR count). The average molecular weight is 367 g/mol. The molecule has 0 aliphatic rings. The summed E-state index contributed by atoms with van der Waals surface area (Å²) in [7, 11) is -4.10. The summed E-state index contributed by atoms with van der Waals surface area (Å²) in [5, 5.41) is 9.08. The highest BCUT2D eigenvalue weighted by Crippen LogP contribution is 2.32. The van der Waals surface area contributed by atoms with Gasteiger partial charge in [0.1, 0.15) is 4.90 Å². The Labute approximate surface area is 140 Å². The number of hydrogen-bond donors (Lipinski definition) is 2. The first kappa shape index (κ1) is 16.3. The lowest BCUT2D eigenvalue weighted by Crippen LogP contribution is -2.33. The number of rotatable bonds is 2. The molecule has 0 saturated carbocycles. The van der Waals surface area contributed by atoms with E-state index >= 15 is 0 Å². The lowest BCUT2D eigenvalue weighted by molar-refractivity contribution is 0.162. The summed E-state index contributed by atoms with van der Waals surface area (Å²) in [4.78, 5) is 25.4. The van der Waals surface area contributed by atoms with Gasteiger partial charge < -0.3 is 10.2 Å². The van der Waals surface area contributed by atoms with Gasteiger partial charge in [-0.05, 0) is 36.8 Å². The maximum Gasteiger partial charge on any atom is 0.362 e. The minimum atomic E-state index is -4.10. The number of nitrogens with one attached hydrogen (secondary N) is 1. The Bertz CT molecular complexity index is 1190. The lowest BCUT2D eigenvalue weighted by atomic mass is 10.2. The van der Waals surface area contributed by atoms with Gasteiger partial charge in [0.05, 0.1) is 20.8 Å². The van der Waals surface area contributed by atoms with E-state index in [1.54, 1.807) is 19.1 Å². The number of halogens is 1. The van der Waals surface area contributed by atoms with Crippen LogP contribution in [0.2, 0.25) is 5.02 Å². The van der Waals surface area contributed by atoms with Gasteiger partial charge in [0.25, 0.3) is 5.56 Å². The molecule has 0 bridgehead atoms. The topological polar surface area (TPSA) is 109 Å². The molecular formula is C15H11ClN2O5S. The number of fused-ring (bicyclic) bond motifs is 1. The summed E-state index contributed by atoms with van der Waals surface area (Å²) >= 11 is 6.05. The lowest BCUT2D eigenvalue weighted by Gasteiger charge is -2.10. The number of aryl methyl sites for hydroxylation is 1. The van der Waals surface area contributed by atoms with Gasteiger partial charge in [0.15, 0.2) is 0 Å². The second kappa shape index (κ2) is 5.50. The second-order valence-electron chi connectivity index (χ2n) is 5.17. The van der Waals surface area contributed by atoms with Crippen molar-refractivity contribution in [3.05, 3.63) is 67.8 Å². The number of hydrogen-bond acceptors (Lipinski definition) is 5. The van der Waals surface area contributed by atoms with Crippen molar-refractivity contribution >= 4 is 32.3 Å². The number of H-pyrrole nitrogens is 1. The Morgan fingerprint density at radius 3 is 2.54 bits per heavy atom. The molecular weight excluding hydrogens is 356 g/mol. The molecule has 0 unspecified atom stereocenters. The van der Waals surface area contributed by atoms with E-state index < -0.39 is 21.1 Å². The Hall–Kier alpha value is -2.58. The van der Waals surface area contributed by atoms with Gasteiger partial charge in [-0.15, -0.1) is 0 Å². The predicted molar refractivity (Wildman–Crippen MR) is 87.7 cm³/mol. The molecule has 0 amide bonds. The van der Waals surface area contributed by atoms with E-state index in [9.17, 15) is 23.2 Å². The van der Waals surface area contributed by atoms with Crippen LogP contribution in [-0.2, 0) is 9.84 Å². The molecule has 124 valence electrons. The third kappa shape index (κ3) is 2.40. The molecule has 7 nitrogen and oxygen atoms in total. The fourth-order valence-electron chi connectivity index (χ4n) is 2.39. The van der Waals surface area contributed by atoms with Crippen LogP contribution >= 0.6 is 11.6 Å². The van der Waals surface area contributed by atoms with Crippen LogP contribution in [0.25, 0.3) is 10.9 Å². The molecule has 0 fully saturated rings. The number of sulfone groups is 1.